The van der Waals surface area contributed by atoms with Crippen LogP contribution < -0.4 is 10.7 Å². The quantitative estimate of drug-likeness (QED) is 0.726. The maximum atomic E-state index is 13.2. The Balaban J connectivity index is 1.71. The van der Waals surface area contributed by atoms with E-state index in [-0.39, 0.29) is 35.5 Å². The lowest BCUT2D eigenvalue weighted by Gasteiger charge is -2.23. The molecule has 0 aliphatic rings. The number of amides is 1. The van der Waals surface area contributed by atoms with Gasteiger partial charge in [0.05, 0.1) is 24.3 Å². The number of halogens is 1. The van der Waals surface area contributed by atoms with E-state index in [4.69, 9.17) is 0 Å². The molecular weight excluding hydrogens is 345 g/mol. The fraction of sp³-hybridized carbons (Fsp3) is 0.286. The summed E-state index contributed by atoms with van der Waals surface area (Å²) in [5.41, 5.74) is 1.44. The maximum Gasteiger partial charge on any atom is 0.222 e. The lowest BCUT2D eigenvalue weighted by molar-refractivity contribution is -0.122. The molecule has 0 spiro atoms. The van der Waals surface area contributed by atoms with Crippen molar-refractivity contribution >= 4 is 16.8 Å². The van der Waals surface area contributed by atoms with Crippen LogP contribution in [0.3, 0.4) is 0 Å². The minimum absolute atomic E-state index is 0.123. The van der Waals surface area contributed by atoms with Crippen LogP contribution in [0.15, 0.2) is 59.5 Å². The monoisotopic (exact) mass is 367 g/mol. The van der Waals surface area contributed by atoms with Gasteiger partial charge in [-0.3, -0.25) is 14.3 Å². The van der Waals surface area contributed by atoms with E-state index < -0.39 is 0 Å². The molecule has 1 heterocycles. The second-order valence-electron chi connectivity index (χ2n) is 6.84. The topological polar surface area (TPSA) is 64.0 Å². The van der Waals surface area contributed by atoms with Crippen LogP contribution in [0, 0.1) is 11.7 Å². The first kappa shape index (κ1) is 18.8. The van der Waals surface area contributed by atoms with Gasteiger partial charge in [0, 0.05) is 11.8 Å². The number of hydrogen-bond acceptors (Lipinski definition) is 3. The van der Waals surface area contributed by atoms with Gasteiger partial charge in [0.25, 0.3) is 0 Å². The lowest BCUT2D eigenvalue weighted by atomic mass is 9.96. The number of fused-ring (bicyclic) bond motifs is 1. The SMILES string of the molecule is CC(C)[C@H](NC(=O)CCn1ncc(=O)c2ccccc21)c1ccc(F)cc1. The first-order chi connectivity index (χ1) is 13.0. The molecule has 6 heteroatoms. The molecule has 0 saturated heterocycles. The number of rotatable bonds is 6. The van der Waals surface area contributed by atoms with Gasteiger partial charge in [0.1, 0.15) is 5.82 Å². The molecule has 1 amide bonds. The Kier molecular flexibility index (Phi) is 5.64. The fourth-order valence-corrected chi connectivity index (χ4v) is 3.10. The molecule has 1 aromatic heterocycles. The Hall–Kier alpha value is -3.02. The minimum Gasteiger partial charge on any atom is -0.349 e. The van der Waals surface area contributed by atoms with Crippen molar-refractivity contribution in [2.45, 2.75) is 32.9 Å². The summed E-state index contributed by atoms with van der Waals surface area (Å²) in [6.45, 7) is 4.37. The smallest absolute Gasteiger partial charge is 0.222 e. The third-order valence-electron chi connectivity index (χ3n) is 4.52. The normalized spacial score (nSPS) is 12.3. The minimum atomic E-state index is -0.302. The average Bonchev–Trinajstić information content (AvgIpc) is 2.66. The Labute approximate surface area is 156 Å². The van der Waals surface area contributed by atoms with Crippen LogP contribution in [0.5, 0.6) is 0 Å². The predicted molar refractivity (Wildman–Crippen MR) is 103 cm³/mol. The van der Waals surface area contributed by atoms with Crippen molar-refractivity contribution in [3.8, 4) is 0 Å². The third-order valence-corrected chi connectivity index (χ3v) is 4.52. The second-order valence-corrected chi connectivity index (χ2v) is 6.84. The van der Waals surface area contributed by atoms with E-state index in [1.54, 1.807) is 28.9 Å². The number of aromatic nitrogens is 2. The van der Waals surface area contributed by atoms with Crippen LogP contribution in [-0.2, 0) is 11.3 Å². The van der Waals surface area contributed by atoms with E-state index in [1.165, 1.54) is 18.3 Å². The first-order valence-corrected chi connectivity index (χ1v) is 8.95. The average molecular weight is 367 g/mol. The zero-order valence-electron chi connectivity index (χ0n) is 15.4. The van der Waals surface area contributed by atoms with Crippen molar-refractivity contribution in [3.63, 3.8) is 0 Å². The van der Waals surface area contributed by atoms with Gasteiger partial charge in [-0.15, -0.1) is 0 Å². The highest BCUT2D eigenvalue weighted by Gasteiger charge is 2.18. The molecule has 27 heavy (non-hydrogen) atoms. The maximum absolute atomic E-state index is 13.2. The lowest BCUT2D eigenvalue weighted by Crippen LogP contribution is -2.32. The van der Waals surface area contributed by atoms with E-state index in [0.717, 1.165) is 5.56 Å². The van der Waals surface area contributed by atoms with E-state index >= 15 is 0 Å². The summed E-state index contributed by atoms with van der Waals surface area (Å²) in [4.78, 5) is 24.4. The molecule has 1 N–H and O–H groups in total. The van der Waals surface area contributed by atoms with Gasteiger partial charge < -0.3 is 5.32 Å². The van der Waals surface area contributed by atoms with Crippen LogP contribution in [0.25, 0.3) is 10.9 Å². The molecule has 0 bridgehead atoms. The van der Waals surface area contributed by atoms with Crippen LogP contribution in [0.1, 0.15) is 31.9 Å². The Bertz CT molecular complexity index is 996. The fourth-order valence-electron chi connectivity index (χ4n) is 3.10. The zero-order chi connectivity index (χ0) is 19.4. The van der Waals surface area contributed by atoms with E-state index in [0.29, 0.717) is 17.4 Å². The molecule has 0 aliphatic heterocycles. The molecule has 5 nitrogen and oxygen atoms in total. The molecule has 3 rings (SSSR count). The van der Waals surface area contributed by atoms with Gasteiger partial charge in [-0.05, 0) is 35.7 Å². The summed E-state index contributed by atoms with van der Waals surface area (Å²) in [6.07, 6.45) is 1.50. The number of benzene rings is 2. The number of para-hydroxylation sites is 1. The molecule has 0 saturated carbocycles. The van der Waals surface area contributed by atoms with Crippen molar-refractivity contribution in [2.24, 2.45) is 5.92 Å². The van der Waals surface area contributed by atoms with Gasteiger partial charge in [-0.25, -0.2) is 4.39 Å². The number of carbonyl (C=O) groups is 1. The van der Waals surface area contributed by atoms with E-state index in [2.05, 4.69) is 10.4 Å². The summed E-state index contributed by atoms with van der Waals surface area (Å²) in [7, 11) is 0. The molecule has 0 fully saturated rings. The van der Waals surface area contributed by atoms with Gasteiger partial charge in [-0.2, -0.15) is 5.10 Å². The van der Waals surface area contributed by atoms with E-state index in [1.807, 2.05) is 26.0 Å². The van der Waals surface area contributed by atoms with Crippen LogP contribution in [0.4, 0.5) is 4.39 Å². The predicted octanol–water partition coefficient (Wildman–Crippen LogP) is 3.44. The largest absolute Gasteiger partial charge is 0.349 e. The number of nitrogens with one attached hydrogen (secondary N) is 1. The van der Waals surface area contributed by atoms with Crippen LogP contribution in [-0.4, -0.2) is 15.7 Å². The molecular formula is C21H22FN3O2. The van der Waals surface area contributed by atoms with Gasteiger partial charge in [0.2, 0.25) is 11.3 Å². The van der Waals surface area contributed by atoms with Gasteiger partial charge in [0.15, 0.2) is 0 Å². The molecule has 0 aliphatic carbocycles. The highest BCUT2D eigenvalue weighted by molar-refractivity contribution is 5.79. The van der Waals surface area contributed by atoms with Crippen molar-refractivity contribution in [2.75, 3.05) is 0 Å². The summed E-state index contributed by atoms with van der Waals surface area (Å²) in [6, 6.07) is 13.2. The number of aryl methyl sites for hydroxylation is 1. The summed E-state index contributed by atoms with van der Waals surface area (Å²) in [5, 5.41) is 7.74. The first-order valence-electron chi connectivity index (χ1n) is 8.95. The third kappa shape index (κ3) is 4.39. The van der Waals surface area contributed by atoms with Crippen molar-refractivity contribution < 1.29 is 9.18 Å². The van der Waals surface area contributed by atoms with E-state index in [9.17, 15) is 14.0 Å². The highest BCUT2D eigenvalue weighted by atomic mass is 19.1. The zero-order valence-corrected chi connectivity index (χ0v) is 15.4. The van der Waals surface area contributed by atoms with Gasteiger partial charge >= 0.3 is 0 Å². The summed E-state index contributed by atoms with van der Waals surface area (Å²) >= 11 is 0. The molecule has 0 radical (unpaired) electrons. The molecule has 1 atom stereocenters. The Morgan fingerprint density at radius 3 is 2.56 bits per heavy atom. The molecule has 140 valence electrons. The number of nitrogens with zero attached hydrogens (tertiary/aromatic N) is 2. The second kappa shape index (κ2) is 8.12. The summed E-state index contributed by atoms with van der Waals surface area (Å²) in [5.74, 6) is -0.267. The van der Waals surface area contributed by atoms with Gasteiger partial charge in [-0.1, -0.05) is 38.1 Å². The van der Waals surface area contributed by atoms with Crippen molar-refractivity contribution in [3.05, 3.63) is 76.3 Å². The van der Waals surface area contributed by atoms with Crippen molar-refractivity contribution in [1.29, 1.82) is 0 Å². The highest BCUT2D eigenvalue weighted by Crippen LogP contribution is 2.22. The summed E-state index contributed by atoms with van der Waals surface area (Å²) < 4.78 is 14.8. The molecule has 2 aromatic carbocycles. The molecule has 3 aromatic rings. The van der Waals surface area contributed by atoms with Crippen LogP contribution in [0.2, 0.25) is 0 Å². The number of hydrogen-bond donors (Lipinski definition) is 1. The number of carbonyl (C=O) groups excluding carboxylic acids is 1. The Morgan fingerprint density at radius 2 is 1.85 bits per heavy atom. The standard InChI is InChI=1S/C21H22FN3O2/c1-14(2)21(15-7-9-16(22)10-8-15)24-20(27)11-12-25-18-6-4-3-5-17(18)19(26)13-23-25/h3-10,13-14,21H,11-12H2,1-2H3,(H,24,27)/t21-/m0/s1. The molecule has 0 unspecified atom stereocenters. The Morgan fingerprint density at radius 1 is 1.15 bits per heavy atom. The van der Waals surface area contributed by atoms with Crippen molar-refractivity contribution in [1.82, 2.24) is 15.1 Å². The van der Waals surface area contributed by atoms with Crippen LogP contribution >= 0.6 is 0 Å².